The van der Waals surface area contributed by atoms with Crippen molar-refractivity contribution < 1.29 is 0 Å². The summed E-state index contributed by atoms with van der Waals surface area (Å²) in [6.45, 7) is 8.91. The number of hydrogen-bond donors (Lipinski definition) is 0. The van der Waals surface area contributed by atoms with E-state index in [4.69, 9.17) is 0 Å². The molecular weight excluding hydrogens is 144 g/mol. The molecule has 0 heterocycles. The first-order valence-electron chi connectivity index (χ1n) is 5.42. The Kier molecular flexibility index (Phi) is 2.02. The van der Waals surface area contributed by atoms with Crippen LogP contribution >= 0.6 is 0 Å². The quantitative estimate of drug-likeness (QED) is 0.547. The Morgan fingerprint density at radius 2 is 2.17 bits per heavy atom. The van der Waals surface area contributed by atoms with Crippen molar-refractivity contribution >= 4 is 0 Å². The molecule has 4 atom stereocenters. The van der Waals surface area contributed by atoms with Crippen LogP contribution in [0.25, 0.3) is 0 Å². The van der Waals surface area contributed by atoms with Gasteiger partial charge in [-0.15, -0.1) is 0 Å². The van der Waals surface area contributed by atoms with E-state index in [1.807, 2.05) is 0 Å². The van der Waals surface area contributed by atoms with Gasteiger partial charge in [0.15, 0.2) is 0 Å². The topological polar surface area (TPSA) is 0 Å². The summed E-state index contributed by atoms with van der Waals surface area (Å²) in [6, 6.07) is 0. The van der Waals surface area contributed by atoms with Gasteiger partial charge in [0.2, 0.25) is 0 Å². The van der Waals surface area contributed by atoms with Crippen molar-refractivity contribution in [3.05, 3.63) is 12.2 Å². The van der Waals surface area contributed by atoms with Crippen molar-refractivity contribution in [3.8, 4) is 0 Å². The fourth-order valence-corrected chi connectivity index (χ4v) is 2.89. The van der Waals surface area contributed by atoms with E-state index in [2.05, 4.69) is 20.4 Å². The maximum absolute atomic E-state index is 4.25. The Labute approximate surface area is 76.1 Å². The summed E-state index contributed by atoms with van der Waals surface area (Å²) in [6.07, 6.45) is 5.72. The minimum Gasteiger partial charge on any atom is -0.0993 e. The molecule has 0 amide bonds. The van der Waals surface area contributed by atoms with Gasteiger partial charge in [-0.3, -0.25) is 0 Å². The van der Waals surface area contributed by atoms with Gasteiger partial charge in [0.1, 0.15) is 0 Å². The van der Waals surface area contributed by atoms with Crippen LogP contribution < -0.4 is 0 Å². The van der Waals surface area contributed by atoms with Crippen LogP contribution in [-0.4, -0.2) is 0 Å². The molecule has 0 aromatic heterocycles. The van der Waals surface area contributed by atoms with Gasteiger partial charge in [0.05, 0.1) is 0 Å². The van der Waals surface area contributed by atoms with Crippen LogP contribution in [0.2, 0.25) is 0 Å². The second kappa shape index (κ2) is 2.90. The lowest BCUT2D eigenvalue weighted by Crippen LogP contribution is -2.02. The SMILES string of the molecule is C=C1C(C)CCC1C1CC1CC. The maximum atomic E-state index is 4.25. The molecule has 0 bridgehead atoms. The second-order valence-electron chi connectivity index (χ2n) is 4.73. The third-order valence-corrected chi connectivity index (χ3v) is 4.04. The molecule has 2 aliphatic carbocycles. The Morgan fingerprint density at radius 1 is 1.42 bits per heavy atom. The van der Waals surface area contributed by atoms with Gasteiger partial charge in [-0.25, -0.2) is 0 Å². The van der Waals surface area contributed by atoms with Gasteiger partial charge < -0.3 is 0 Å². The van der Waals surface area contributed by atoms with Crippen LogP contribution in [0.15, 0.2) is 12.2 Å². The van der Waals surface area contributed by atoms with Crippen LogP contribution in [0.1, 0.15) is 39.5 Å². The lowest BCUT2D eigenvalue weighted by Gasteiger charge is -2.11. The van der Waals surface area contributed by atoms with E-state index in [9.17, 15) is 0 Å². The highest BCUT2D eigenvalue weighted by Gasteiger charge is 2.44. The summed E-state index contributed by atoms with van der Waals surface area (Å²) >= 11 is 0. The zero-order valence-corrected chi connectivity index (χ0v) is 8.34. The molecule has 0 spiro atoms. The van der Waals surface area contributed by atoms with Crippen molar-refractivity contribution in [2.75, 3.05) is 0 Å². The second-order valence-corrected chi connectivity index (χ2v) is 4.73. The molecule has 2 rings (SSSR count). The summed E-state index contributed by atoms with van der Waals surface area (Å²) in [4.78, 5) is 0. The molecule has 4 unspecified atom stereocenters. The molecule has 2 saturated carbocycles. The molecule has 0 nitrogen and oxygen atoms in total. The van der Waals surface area contributed by atoms with Gasteiger partial charge in [-0.1, -0.05) is 32.4 Å². The van der Waals surface area contributed by atoms with Gasteiger partial charge >= 0.3 is 0 Å². The highest BCUT2D eigenvalue weighted by molar-refractivity contribution is 5.15. The fraction of sp³-hybridized carbons (Fsp3) is 0.833. The first-order chi connectivity index (χ1) is 5.74. The van der Waals surface area contributed by atoms with Crippen LogP contribution in [0.3, 0.4) is 0 Å². The third-order valence-electron chi connectivity index (χ3n) is 4.04. The summed E-state index contributed by atoms with van der Waals surface area (Å²) in [5.74, 6) is 3.81. The molecular formula is C12H20. The zero-order valence-electron chi connectivity index (χ0n) is 8.34. The lowest BCUT2D eigenvalue weighted by molar-refractivity contribution is 0.505. The van der Waals surface area contributed by atoms with E-state index in [0.717, 1.165) is 23.7 Å². The van der Waals surface area contributed by atoms with E-state index < -0.39 is 0 Å². The van der Waals surface area contributed by atoms with E-state index in [-0.39, 0.29) is 0 Å². The van der Waals surface area contributed by atoms with Crippen LogP contribution in [-0.2, 0) is 0 Å². The Balaban J connectivity index is 1.94. The number of allylic oxidation sites excluding steroid dienone is 1. The molecule has 0 saturated heterocycles. The van der Waals surface area contributed by atoms with Crippen molar-refractivity contribution in [1.82, 2.24) is 0 Å². The molecule has 0 radical (unpaired) electrons. The first kappa shape index (κ1) is 8.34. The largest absolute Gasteiger partial charge is 0.0993 e. The lowest BCUT2D eigenvalue weighted by atomic mass is 9.94. The normalized spacial score (nSPS) is 46.7. The van der Waals surface area contributed by atoms with Crippen LogP contribution in [0, 0.1) is 23.7 Å². The molecule has 0 heteroatoms. The highest BCUT2D eigenvalue weighted by atomic mass is 14.5. The predicted octanol–water partition coefficient (Wildman–Crippen LogP) is 3.63. The first-order valence-corrected chi connectivity index (χ1v) is 5.42. The Bertz CT molecular complexity index is 192. The summed E-state index contributed by atoms with van der Waals surface area (Å²) in [5.41, 5.74) is 1.57. The van der Waals surface area contributed by atoms with Gasteiger partial charge in [0.25, 0.3) is 0 Å². The molecule has 2 fully saturated rings. The minimum absolute atomic E-state index is 0.813. The highest BCUT2D eigenvalue weighted by Crippen LogP contribution is 2.54. The molecule has 0 aliphatic heterocycles. The zero-order chi connectivity index (χ0) is 8.72. The Hall–Kier alpha value is -0.260. The summed E-state index contributed by atoms with van der Waals surface area (Å²) < 4.78 is 0. The molecule has 12 heavy (non-hydrogen) atoms. The number of hydrogen-bond acceptors (Lipinski definition) is 0. The van der Waals surface area contributed by atoms with Crippen molar-refractivity contribution in [3.63, 3.8) is 0 Å². The Morgan fingerprint density at radius 3 is 2.58 bits per heavy atom. The van der Waals surface area contributed by atoms with Gasteiger partial charge in [-0.2, -0.15) is 0 Å². The fourth-order valence-electron chi connectivity index (χ4n) is 2.89. The van der Waals surface area contributed by atoms with E-state index >= 15 is 0 Å². The average Bonchev–Trinajstić information content (AvgIpc) is 2.77. The van der Waals surface area contributed by atoms with Crippen molar-refractivity contribution in [1.29, 1.82) is 0 Å². The van der Waals surface area contributed by atoms with E-state index in [1.54, 1.807) is 5.57 Å². The molecule has 0 aromatic rings. The van der Waals surface area contributed by atoms with E-state index in [0.29, 0.717) is 0 Å². The summed E-state index contributed by atoms with van der Waals surface area (Å²) in [5, 5.41) is 0. The smallest absolute Gasteiger partial charge is 0.0172 e. The number of rotatable bonds is 2. The van der Waals surface area contributed by atoms with Crippen molar-refractivity contribution in [2.24, 2.45) is 23.7 Å². The molecule has 68 valence electrons. The standard InChI is InChI=1S/C12H20/c1-4-10-7-12(10)11-6-5-8(2)9(11)3/h8,10-12H,3-7H2,1-2H3. The molecule has 2 aliphatic rings. The average molecular weight is 164 g/mol. The van der Waals surface area contributed by atoms with Crippen LogP contribution in [0.5, 0.6) is 0 Å². The minimum atomic E-state index is 0.813. The van der Waals surface area contributed by atoms with Gasteiger partial charge in [0, 0.05) is 0 Å². The van der Waals surface area contributed by atoms with Gasteiger partial charge in [-0.05, 0) is 42.9 Å². The maximum Gasteiger partial charge on any atom is -0.0172 e. The summed E-state index contributed by atoms with van der Waals surface area (Å²) in [7, 11) is 0. The predicted molar refractivity (Wildman–Crippen MR) is 52.9 cm³/mol. The molecule has 0 aromatic carbocycles. The molecule has 0 N–H and O–H groups in total. The van der Waals surface area contributed by atoms with Crippen LogP contribution in [0.4, 0.5) is 0 Å². The van der Waals surface area contributed by atoms with E-state index in [1.165, 1.54) is 25.7 Å². The third kappa shape index (κ3) is 1.22. The monoisotopic (exact) mass is 164 g/mol. The van der Waals surface area contributed by atoms with Crippen molar-refractivity contribution in [2.45, 2.75) is 39.5 Å².